The molecule has 0 atom stereocenters. The number of aromatic nitrogens is 3. The molecule has 2 aromatic heterocycles. The van der Waals surface area contributed by atoms with Gasteiger partial charge in [0.1, 0.15) is 13.3 Å². The number of fused-ring (bicyclic) bond motifs is 1. The zero-order valence-electron chi connectivity index (χ0n) is 14.4. The monoisotopic (exact) mass is 353 g/mol. The average molecular weight is 353 g/mol. The molecular formula is C18H19N5OS. The van der Waals surface area contributed by atoms with Gasteiger partial charge in [0.15, 0.2) is 4.80 Å². The molecule has 3 aromatic rings. The summed E-state index contributed by atoms with van der Waals surface area (Å²) in [6.07, 6.45) is 3.69. The Labute approximate surface area is 149 Å². The van der Waals surface area contributed by atoms with Crippen LogP contribution in [-0.4, -0.2) is 21.0 Å². The number of thiazole rings is 1. The predicted octanol–water partition coefficient (Wildman–Crippen LogP) is 1.14. The number of hydrogen-bond donors (Lipinski definition) is 0. The van der Waals surface area contributed by atoms with Crippen molar-refractivity contribution in [1.29, 1.82) is 0 Å². The Bertz CT molecular complexity index is 1100. The van der Waals surface area contributed by atoms with Crippen molar-refractivity contribution >= 4 is 23.1 Å². The van der Waals surface area contributed by atoms with Gasteiger partial charge in [-0.2, -0.15) is 5.10 Å². The van der Waals surface area contributed by atoms with E-state index in [1.54, 1.807) is 15.4 Å². The SMILES string of the molecule is Cc1ccc(N2CN=c3s/c(=C\c4cnn(C)c4C)c(=O)n3C2)cc1. The van der Waals surface area contributed by atoms with E-state index in [-0.39, 0.29) is 5.56 Å². The van der Waals surface area contributed by atoms with Gasteiger partial charge in [-0.15, -0.1) is 0 Å². The number of rotatable bonds is 2. The van der Waals surface area contributed by atoms with E-state index in [1.807, 2.05) is 20.0 Å². The van der Waals surface area contributed by atoms with Gasteiger partial charge in [-0.05, 0) is 32.1 Å². The van der Waals surface area contributed by atoms with Crippen LogP contribution < -0.4 is 19.8 Å². The van der Waals surface area contributed by atoms with Gasteiger partial charge in [0.05, 0.1) is 10.7 Å². The van der Waals surface area contributed by atoms with Crippen LogP contribution in [0.4, 0.5) is 5.69 Å². The van der Waals surface area contributed by atoms with Crippen LogP contribution in [0.1, 0.15) is 16.8 Å². The Morgan fingerprint density at radius 1 is 1.20 bits per heavy atom. The second kappa shape index (κ2) is 6.00. The zero-order chi connectivity index (χ0) is 17.6. The molecule has 25 heavy (non-hydrogen) atoms. The van der Waals surface area contributed by atoms with E-state index in [2.05, 4.69) is 46.2 Å². The molecule has 128 valence electrons. The van der Waals surface area contributed by atoms with Crippen molar-refractivity contribution in [1.82, 2.24) is 14.3 Å². The normalized spacial score (nSPS) is 14.5. The zero-order valence-corrected chi connectivity index (χ0v) is 15.2. The van der Waals surface area contributed by atoms with Crippen LogP contribution in [-0.2, 0) is 13.7 Å². The number of anilines is 1. The number of aryl methyl sites for hydroxylation is 2. The van der Waals surface area contributed by atoms with Crippen molar-refractivity contribution in [2.75, 3.05) is 11.6 Å². The molecular weight excluding hydrogens is 334 g/mol. The highest BCUT2D eigenvalue weighted by Gasteiger charge is 2.16. The first-order valence-corrected chi connectivity index (χ1v) is 8.90. The molecule has 0 aliphatic carbocycles. The van der Waals surface area contributed by atoms with Crippen LogP contribution in [0, 0.1) is 13.8 Å². The molecule has 0 spiro atoms. The molecule has 0 radical (unpaired) electrons. The van der Waals surface area contributed by atoms with Crippen LogP contribution in [0.2, 0.25) is 0 Å². The van der Waals surface area contributed by atoms with Gasteiger partial charge >= 0.3 is 0 Å². The molecule has 0 amide bonds. The van der Waals surface area contributed by atoms with E-state index in [4.69, 9.17) is 0 Å². The summed E-state index contributed by atoms with van der Waals surface area (Å²) in [6, 6.07) is 8.29. The lowest BCUT2D eigenvalue weighted by atomic mass is 10.2. The summed E-state index contributed by atoms with van der Waals surface area (Å²) >= 11 is 1.44. The van der Waals surface area contributed by atoms with Crippen LogP contribution in [0.25, 0.3) is 6.08 Å². The van der Waals surface area contributed by atoms with Gasteiger partial charge in [0.25, 0.3) is 5.56 Å². The summed E-state index contributed by atoms with van der Waals surface area (Å²) in [5, 5.41) is 4.23. The maximum Gasteiger partial charge on any atom is 0.271 e. The van der Waals surface area contributed by atoms with Crippen LogP contribution in [0.15, 0.2) is 40.2 Å². The molecule has 0 N–H and O–H groups in total. The minimum absolute atomic E-state index is 0.00353. The highest BCUT2D eigenvalue weighted by Crippen LogP contribution is 2.16. The van der Waals surface area contributed by atoms with E-state index in [0.29, 0.717) is 17.9 Å². The van der Waals surface area contributed by atoms with Gasteiger partial charge in [0, 0.05) is 24.0 Å². The minimum atomic E-state index is 0.00353. The molecule has 1 aliphatic heterocycles. The lowest BCUT2D eigenvalue weighted by Crippen LogP contribution is -2.42. The van der Waals surface area contributed by atoms with Crippen molar-refractivity contribution in [3.8, 4) is 0 Å². The molecule has 4 rings (SSSR count). The summed E-state index contributed by atoms with van der Waals surface area (Å²) in [7, 11) is 1.90. The number of hydrogen-bond acceptors (Lipinski definition) is 5. The fraction of sp³-hybridized carbons (Fsp3) is 0.278. The quantitative estimate of drug-likeness (QED) is 0.694. The molecule has 0 saturated carbocycles. The topological polar surface area (TPSA) is 55.4 Å². The van der Waals surface area contributed by atoms with E-state index in [1.165, 1.54) is 16.9 Å². The third kappa shape index (κ3) is 2.80. The van der Waals surface area contributed by atoms with Crippen molar-refractivity contribution in [2.45, 2.75) is 20.5 Å². The van der Waals surface area contributed by atoms with Gasteiger partial charge in [-0.3, -0.25) is 14.0 Å². The predicted molar refractivity (Wildman–Crippen MR) is 99.4 cm³/mol. The molecule has 3 heterocycles. The largest absolute Gasteiger partial charge is 0.334 e. The highest BCUT2D eigenvalue weighted by atomic mass is 32.1. The van der Waals surface area contributed by atoms with E-state index in [9.17, 15) is 4.79 Å². The lowest BCUT2D eigenvalue weighted by molar-refractivity contribution is 0.569. The fourth-order valence-electron chi connectivity index (χ4n) is 2.83. The maximum absolute atomic E-state index is 12.8. The van der Waals surface area contributed by atoms with Gasteiger partial charge in [0.2, 0.25) is 0 Å². The molecule has 1 aromatic carbocycles. The highest BCUT2D eigenvalue weighted by molar-refractivity contribution is 7.07. The molecule has 1 aliphatic rings. The van der Waals surface area contributed by atoms with Gasteiger partial charge in [-0.1, -0.05) is 29.0 Å². The van der Waals surface area contributed by atoms with Crippen LogP contribution >= 0.6 is 11.3 Å². The van der Waals surface area contributed by atoms with Crippen molar-refractivity contribution in [2.24, 2.45) is 12.0 Å². The molecule has 0 unspecified atom stereocenters. The van der Waals surface area contributed by atoms with Gasteiger partial charge < -0.3 is 4.90 Å². The first kappa shape index (κ1) is 15.8. The van der Waals surface area contributed by atoms with Crippen molar-refractivity contribution in [3.63, 3.8) is 0 Å². The minimum Gasteiger partial charge on any atom is -0.334 e. The first-order chi connectivity index (χ1) is 12.0. The standard InChI is InChI=1S/C18H19N5OS/c1-12-4-6-15(7-5-12)22-10-19-18-23(11-22)17(24)16(25-18)8-14-9-20-21(3)13(14)2/h4-9H,10-11H2,1-3H3/b16-8-. The Hall–Kier alpha value is -2.67. The Balaban J connectivity index is 1.73. The number of nitrogens with zero attached hydrogens (tertiary/aromatic N) is 5. The van der Waals surface area contributed by atoms with E-state index in [0.717, 1.165) is 21.7 Å². The maximum atomic E-state index is 12.8. The summed E-state index contributed by atoms with van der Waals surface area (Å²) in [4.78, 5) is 20.3. The van der Waals surface area contributed by atoms with Crippen LogP contribution in [0.5, 0.6) is 0 Å². The molecule has 0 saturated heterocycles. The average Bonchev–Trinajstić information content (AvgIpc) is 3.10. The van der Waals surface area contributed by atoms with Crippen molar-refractivity contribution < 1.29 is 0 Å². The summed E-state index contributed by atoms with van der Waals surface area (Å²) in [5.74, 6) is 0. The van der Waals surface area contributed by atoms with Crippen molar-refractivity contribution in [3.05, 3.63) is 67.0 Å². The third-order valence-electron chi connectivity index (χ3n) is 4.54. The second-order valence-corrected chi connectivity index (χ2v) is 7.26. The molecule has 7 heteroatoms. The van der Waals surface area contributed by atoms with E-state index < -0.39 is 0 Å². The second-order valence-electron chi connectivity index (χ2n) is 6.25. The fourth-order valence-corrected chi connectivity index (χ4v) is 3.78. The Kier molecular flexibility index (Phi) is 3.80. The number of benzene rings is 1. The van der Waals surface area contributed by atoms with Gasteiger partial charge in [-0.25, -0.2) is 4.99 Å². The molecule has 6 nitrogen and oxygen atoms in total. The summed E-state index contributed by atoms with van der Waals surface area (Å²) < 4.78 is 4.24. The molecule has 0 fully saturated rings. The Morgan fingerprint density at radius 2 is 1.96 bits per heavy atom. The summed E-state index contributed by atoms with van der Waals surface area (Å²) in [6.45, 7) is 5.15. The smallest absolute Gasteiger partial charge is 0.271 e. The lowest BCUT2D eigenvalue weighted by Gasteiger charge is -2.25. The molecule has 0 bridgehead atoms. The third-order valence-corrected chi connectivity index (χ3v) is 5.58. The Morgan fingerprint density at radius 3 is 2.64 bits per heavy atom. The first-order valence-electron chi connectivity index (χ1n) is 8.09. The van der Waals surface area contributed by atoms with Crippen LogP contribution in [0.3, 0.4) is 0 Å². The summed E-state index contributed by atoms with van der Waals surface area (Å²) in [5.41, 5.74) is 4.30. The van der Waals surface area contributed by atoms with E-state index >= 15 is 0 Å².